The number of aromatic nitrogens is 1. The number of hydrogen-bond acceptors (Lipinski definition) is 3. The summed E-state index contributed by atoms with van der Waals surface area (Å²) in [5.74, 6) is -0.592. The molecule has 0 aliphatic heterocycles. The smallest absolute Gasteiger partial charge is 0.207 e. The average Bonchev–Trinajstić information content (AvgIpc) is 2.17. The third kappa shape index (κ3) is 2.04. The summed E-state index contributed by atoms with van der Waals surface area (Å²) in [7, 11) is 0. The summed E-state index contributed by atoms with van der Waals surface area (Å²) >= 11 is 0. The summed E-state index contributed by atoms with van der Waals surface area (Å²) in [6, 6.07) is 2.36. The molecule has 1 rings (SSSR count). The second-order valence-electron chi connectivity index (χ2n) is 2.71. The molecule has 0 bridgehead atoms. The average molecular weight is 193 g/mol. The first-order valence-corrected chi connectivity index (χ1v) is 3.94. The van der Waals surface area contributed by atoms with Crippen LogP contribution in [-0.2, 0) is 4.79 Å². The maximum Gasteiger partial charge on any atom is 0.207 e. The standard InChI is InChI=1S/C9H8FN3O/c1-6(13-5-14)9-8(10)2-7(3-11)4-12-9/h2,4-6H,1H3,(H,13,14). The van der Waals surface area contributed by atoms with Gasteiger partial charge in [0, 0.05) is 6.20 Å². The molecule has 72 valence electrons. The van der Waals surface area contributed by atoms with Crippen LogP contribution in [0, 0.1) is 17.1 Å². The van der Waals surface area contributed by atoms with E-state index in [0.29, 0.717) is 6.41 Å². The Hall–Kier alpha value is -1.96. The molecule has 0 aliphatic rings. The van der Waals surface area contributed by atoms with E-state index in [1.165, 1.54) is 6.20 Å². The molecule has 1 unspecified atom stereocenters. The van der Waals surface area contributed by atoms with Crippen molar-refractivity contribution in [2.75, 3.05) is 0 Å². The number of nitrogens with one attached hydrogen (secondary N) is 1. The molecule has 1 N–H and O–H groups in total. The van der Waals surface area contributed by atoms with Crippen molar-refractivity contribution in [3.05, 3.63) is 29.3 Å². The Bertz CT molecular complexity index is 386. The number of rotatable bonds is 3. The van der Waals surface area contributed by atoms with Gasteiger partial charge in [0.1, 0.15) is 11.9 Å². The third-order valence-electron chi connectivity index (χ3n) is 1.73. The molecular weight excluding hydrogens is 185 g/mol. The molecule has 1 aromatic rings. The van der Waals surface area contributed by atoms with Crippen LogP contribution in [0.3, 0.4) is 0 Å². The lowest BCUT2D eigenvalue weighted by molar-refractivity contribution is -0.110. The van der Waals surface area contributed by atoms with E-state index in [4.69, 9.17) is 5.26 Å². The highest BCUT2D eigenvalue weighted by Crippen LogP contribution is 2.13. The molecule has 5 heteroatoms. The highest BCUT2D eigenvalue weighted by atomic mass is 19.1. The van der Waals surface area contributed by atoms with E-state index >= 15 is 0 Å². The van der Waals surface area contributed by atoms with Gasteiger partial charge in [-0.25, -0.2) is 4.39 Å². The fraction of sp³-hybridized carbons (Fsp3) is 0.222. The maximum atomic E-state index is 13.2. The summed E-state index contributed by atoms with van der Waals surface area (Å²) in [5.41, 5.74) is 0.278. The Morgan fingerprint density at radius 3 is 3.00 bits per heavy atom. The quantitative estimate of drug-likeness (QED) is 0.725. The SMILES string of the molecule is CC(NC=O)c1ncc(C#N)cc1F. The Labute approximate surface area is 80.4 Å². The fourth-order valence-electron chi connectivity index (χ4n) is 1.01. The topological polar surface area (TPSA) is 65.8 Å². The van der Waals surface area contributed by atoms with Crippen LogP contribution in [0.2, 0.25) is 0 Å². The van der Waals surface area contributed by atoms with Gasteiger partial charge < -0.3 is 5.32 Å². The van der Waals surface area contributed by atoms with Crippen molar-refractivity contribution in [2.45, 2.75) is 13.0 Å². The van der Waals surface area contributed by atoms with Gasteiger partial charge >= 0.3 is 0 Å². The second kappa shape index (κ2) is 4.33. The Balaban J connectivity index is 3.00. The monoisotopic (exact) mass is 193 g/mol. The van der Waals surface area contributed by atoms with Gasteiger partial charge in [0.15, 0.2) is 0 Å². The van der Waals surface area contributed by atoms with Crippen LogP contribution >= 0.6 is 0 Å². The number of halogens is 1. The van der Waals surface area contributed by atoms with Crippen LogP contribution in [0.1, 0.15) is 24.2 Å². The zero-order valence-electron chi connectivity index (χ0n) is 7.49. The molecule has 4 nitrogen and oxygen atoms in total. The van der Waals surface area contributed by atoms with E-state index < -0.39 is 11.9 Å². The van der Waals surface area contributed by atoms with E-state index in [1.807, 2.05) is 0 Å². The van der Waals surface area contributed by atoms with Crippen molar-refractivity contribution >= 4 is 6.41 Å². The molecule has 14 heavy (non-hydrogen) atoms. The molecule has 0 fully saturated rings. The molecule has 1 aromatic heterocycles. The molecule has 1 amide bonds. The summed E-state index contributed by atoms with van der Waals surface area (Å²) in [5, 5.41) is 10.8. The summed E-state index contributed by atoms with van der Waals surface area (Å²) in [4.78, 5) is 13.9. The molecule has 0 aromatic carbocycles. The number of carbonyl (C=O) groups excluding carboxylic acids is 1. The lowest BCUT2D eigenvalue weighted by Gasteiger charge is -2.09. The molecule has 1 heterocycles. The zero-order chi connectivity index (χ0) is 10.6. The van der Waals surface area contributed by atoms with Crippen molar-refractivity contribution in [2.24, 2.45) is 0 Å². The van der Waals surface area contributed by atoms with Crippen molar-refractivity contribution in [3.63, 3.8) is 0 Å². The second-order valence-corrected chi connectivity index (χ2v) is 2.71. The van der Waals surface area contributed by atoms with Crippen LogP contribution in [0.25, 0.3) is 0 Å². The van der Waals surface area contributed by atoms with Gasteiger partial charge in [0.2, 0.25) is 6.41 Å². The molecular formula is C9H8FN3O. The van der Waals surface area contributed by atoms with Gasteiger partial charge in [-0.1, -0.05) is 0 Å². The number of hydrogen-bond donors (Lipinski definition) is 1. The maximum absolute atomic E-state index is 13.2. The summed E-state index contributed by atoms with van der Waals surface area (Å²) in [6.07, 6.45) is 1.74. The van der Waals surface area contributed by atoms with E-state index in [9.17, 15) is 9.18 Å². The van der Waals surface area contributed by atoms with Crippen molar-refractivity contribution in [1.29, 1.82) is 5.26 Å². The normalized spacial score (nSPS) is 11.5. The largest absolute Gasteiger partial charge is 0.350 e. The van der Waals surface area contributed by atoms with Crippen LogP contribution in [0.5, 0.6) is 0 Å². The molecule has 0 saturated heterocycles. The first-order chi connectivity index (χ1) is 6.69. The van der Waals surface area contributed by atoms with Crippen LogP contribution in [0.4, 0.5) is 4.39 Å². The number of amides is 1. The van der Waals surface area contributed by atoms with Gasteiger partial charge in [-0.3, -0.25) is 9.78 Å². The highest BCUT2D eigenvalue weighted by molar-refractivity contribution is 5.47. The number of carbonyl (C=O) groups is 1. The third-order valence-corrected chi connectivity index (χ3v) is 1.73. The Kier molecular flexibility index (Phi) is 3.13. The molecule has 1 atom stereocenters. The first kappa shape index (κ1) is 10.1. The zero-order valence-corrected chi connectivity index (χ0v) is 7.49. The van der Waals surface area contributed by atoms with E-state index in [0.717, 1.165) is 6.07 Å². The van der Waals surface area contributed by atoms with Gasteiger partial charge in [-0.05, 0) is 13.0 Å². The number of nitriles is 1. The minimum atomic E-state index is -0.592. The molecule has 0 aliphatic carbocycles. The van der Waals surface area contributed by atoms with Crippen LogP contribution < -0.4 is 5.32 Å². The van der Waals surface area contributed by atoms with Crippen molar-refractivity contribution in [3.8, 4) is 6.07 Å². The lowest BCUT2D eigenvalue weighted by Crippen LogP contribution is -2.18. The van der Waals surface area contributed by atoms with Crippen molar-refractivity contribution < 1.29 is 9.18 Å². The van der Waals surface area contributed by atoms with E-state index in [2.05, 4.69) is 10.3 Å². The molecule has 0 saturated carbocycles. The van der Waals surface area contributed by atoms with Gasteiger partial charge in [-0.15, -0.1) is 0 Å². The summed E-state index contributed by atoms with van der Waals surface area (Å²) < 4.78 is 13.2. The fourth-order valence-corrected chi connectivity index (χ4v) is 1.01. The first-order valence-electron chi connectivity index (χ1n) is 3.94. The molecule has 0 spiro atoms. The predicted molar refractivity (Wildman–Crippen MR) is 46.5 cm³/mol. The van der Waals surface area contributed by atoms with Crippen LogP contribution in [-0.4, -0.2) is 11.4 Å². The highest BCUT2D eigenvalue weighted by Gasteiger charge is 2.11. The Morgan fingerprint density at radius 2 is 2.50 bits per heavy atom. The minimum absolute atomic E-state index is 0.121. The number of pyridine rings is 1. The van der Waals surface area contributed by atoms with Crippen LogP contribution in [0.15, 0.2) is 12.3 Å². The lowest BCUT2D eigenvalue weighted by atomic mass is 10.2. The van der Waals surface area contributed by atoms with Gasteiger partial charge in [0.05, 0.1) is 17.3 Å². The van der Waals surface area contributed by atoms with Gasteiger partial charge in [-0.2, -0.15) is 5.26 Å². The van der Waals surface area contributed by atoms with Gasteiger partial charge in [0.25, 0.3) is 0 Å². The van der Waals surface area contributed by atoms with Crippen molar-refractivity contribution in [1.82, 2.24) is 10.3 Å². The number of nitrogens with zero attached hydrogens (tertiary/aromatic N) is 2. The van der Waals surface area contributed by atoms with E-state index in [1.54, 1.807) is 13.0 Å². The predicted octanol–water partition coefficient (Wildman–Crippen LogP) is 0.899. The minimum Gasteiger partial charge on any atom is -0.350 e. The summed E-state index contributed by atoms with van der Waals surface area (Å²) in [6.45, 7) is 1.60. The Morgan fingerprint density at radius 1 is 1.79 bits per heavy atom. The van der Waals surface area contributed by atoms with E-state index in [-0.39, 0.29) is 11.3 Å². The molecule has 0 radical (unpaired) electrons.